The molecule has 4 rings (SSSR count). The second-order valence-electron chi connectivity index (χ2n) is 9.04. The zero-order valence-electron chi connectivity index (χ0n) is 21.4. The molecule has 0 unspecified atom stereocenters. The second-order valence-corrected chi connectivity index (χ2v) is 9.04. The van der Waals surface area contributed by atoms with Crippen LogP contribution in [0.25, 0.3) is 5.69 Å². The van der Waals surface area contributed by atoms with E-state index in [1.54, 1.807) is 36.6 Å². The van der Waals surface area contributed by atoms with E-state index in [4.69, 9.17) is 0 Å². The molecule has 1 aliphatic heterocycles. The third-order valence-electron chi connectivity index (χ3n) is 6.81. The number of anilines is 1. The van der Waals surface area contributed by atoms with Gasteiger partial charge in [0.05, 0.1) is 11.4 Å². The van der Waals surface area contributed by atoms with Gasteiger partial charge in [-0.25, -0.2) is 9.37 Å². The first-order chi connectivity index (χ1) is 16.4. The molecule has 3 aromatic rings. The predicted octanol–water partition coefficient (Wildman–Crippen LogP) is 5.03. The summed E-state index contributed by atoms with van der Waals surface area (Å²) in [5.41, 5.74) is 5.43. The maximum Gasteiger partial charge on any atom is 0.271 e. The number of hydrogen-bond donors (Lipinski definition) is 1. The van der Waals surface area contributed by atoms with E-state index in [0.29, 0.717) is 29.4 Å². The van der Waals surface area contributed by atoms with E-state index < -0.39 is 0 Å². The molecule has 1 N–H and O–H groups in total. The fraction of sp³-hybridized carbons (Fsp3) is 0.407. The van der Waals surface area contributed by atoms with E-state index in [2.05, 4.69) is 52.1 Å². The molecule has 0 bridgehead atoms. The van der Waals surface area contributed by atoms with Gasteiger partial charge in [-0.2, -0.15) is 0 Å². The maximum absolute atomic E-state index is 14.3. The molecule has 0 saturated carbocycles. The lowest BCUT2D eigenvalue weighted by atomic mass is 10.1. The van der Waals surface area contributed by atoms with Crippen molar-refractivity contribution in [1.29, 1.82) is 0 Å². The van der Waals surface area contributed by atoms with E-state index in [1.165, 1.54) is 22.9 Å². The number of rotatable bonds is 7. The number of piperazine rings is 1. The molecule has 0 atom stereocenters. The zero-order valence-corrected chi connectivity index (χ0v) is 23.0. The van der Waals surface area contributed by atoms with Crippen LogP contribution in [-0.4, -0.2) is 59.6 Å². The zero-order chi connectivity index (χ0) is 24.2. The highest BCUT2D eigenvalue weighted by Gasteiger charge is 2.21. The van der Waals surface area contributed by atoms with Gasteiger partial charge >= 0.3 is 0 Å². The Hall–Kier alpha value is -2.61. The number of carbonyl (C=O) groups excluding carboxylic acids is 1. The quantitative estimate of drug-likeness (QED) is 0.431. The smallest absolute Gasteiger partial charge is 0.271 e. The molecule has 0 aliphatic carbocycles. The first-order valence-electron chi connectivity index (χ1n) is 12.0. The lowest BCUT2D eigenvalue weighted by Gasteiger charge is -2.37. The first-order valence-corrected chi connectivity index (χ1v) is 12.0. The molecule has 2 aromatic carbocycles. The van der Waals surface area contributed by atoms with Crippen molar-refractivity contribution in [2.75, 3.05) is 44.2 Å². The van der Waals surface area contributed by atoms with Crippen LogP contribution in [0.2, 0.25) is 0 Å². The van der Waals surface area contributed by atoms with E-state index in [-0.39, 0.29) is 36.5 Å². The van der Waals surface area contributed by atoms with Crippen molar-refractivity contribution in [3.8, 4) is 5.69 Å². The number of amides is 1. The van der Waals surface area contributed by atoms with Crippen molar-refractivity contribution in [3.05, 3.63) is 76.6 Å². The summed E-state index contributed by atoms with van der Waals surface area (Å²) >= 11 is 0. The van der Waals surface area contributed by atoms with Crippen molar-refractivity contribution in [2.45, 2.75) is 34.1 Å². The highest BCUT2D eigenvalue weighted by atomic mass is 35.5. The summed E-state index contributed by atoms with van der Waals surface area (Å²) in [4.78, 5) is 22.1. The monoisotopic (exact) mass is 535 g/mol. The van der Waals surface area contributed by atoms with Crippen LogP contribution >= 0.6 is 24.8 Å². The number of para-hydroxylation sites is 1. The molecule has 0 spiro atoms. The van der Waals surface area contributed by atoms with Gasteiger partial charge in [-0.1, -0.05) is 24.3 Å². The van der Waals surface area contributed by atoms with E-state index >= 15 is 0 Å². The van der Waals surface area contributed by atoms with Crippen LogP contribution in [0.4, 0.5) is 10.1 Å². The average molecular weight is 537 g/mol. The van der Waals surface area contributed by atoms with Crippen molar-refractivity contribution >= 4 is 36.4 Å². The summed E-state index contributed by atoms with van der Waals surface area (Å²) in [7, 11) is 0. The number of nitrogens with zero attached hydrogens (tertiary/aromatic N) is 4. The normalized spacial score (nSPS) is 13.6. The highest BCUT2D eigenvalue weighted by Crippen LogP contribution is 2.24. The fourth-order valence-electron chi connectivity index (χ4n) is 4.72. The highest BCUT2D eigenvalue weighted by molar-refractivity contribution is 5.93. The molecule has 1 aromatic heterocycles. The van der Waals surface area contributed by atoms with Crippen molar-refractivity contribution in [2.24, 2.45) is 0 Å². The van der Waals surface area contributed by atoms with Gasteiger partial charge in [-0.05, 0) is 70.0 Å². The van der Waals surface area contributed by atoms with Gasteiger partial charge in [0.15, 0.2) is 0 Å². The van der Waals surface area contributed by atoms with E-state index in [1.807, 2.05) is 0 Å². The number of hydrogen-bond acceptors (Lipinski definition) is 4. The van der Waals surface area contributed by atoms with Crippen molar-refractivity contribution in [3.63, 3.8) is 0 Å². The number of halogens is 3. The molecule has 196 valence electrons. The molecule has 36 heavy (non-hydrogen) atoms. The lowest BCUT2D eigenvalue weighted by Crippen LogP contribution is -2.47. The summed E-state index contributed by atoms with van der Waals surface area (Å²) in [6, 6.07) is 13.0. The Bertz CT molecular complexity index is 1170. The van der Waals surface area contributed by atoms with Crippen LogP contribution in [-0.2, 0) is 0 Å². The summed E-state index contributed by atoms with van der Waals surface area (Å²) in [6.07, 6.45) is 0.876. The molecule has 1 saturated heterocycles. The molecule has 9 heteroatoms. The Morgan fingerprint density at radius 2 is 1.61 bits per heavy atom. The Labute approximate surface area is 225 Å². The second kappa shape index (κ2) is 13.1. The predicted molar refractivity (Wildman–Crippen MR) is 149 cm³/mol. The number of aryl methyl sites for hydroxylation is 2. The Morgan fingerprint density at radius 1 is 0.944 bits per heavy atom. The maximum atomic E-state index is 14.3. The summed E-state index contributed by atoms with van der Waals surface area (Å²) in [5.74, 6) is 0.0422. The van der Waals surface area contributed by atoms with Crippen LogP contribution in [0.1, 0.15) is 39.6 Å². The largest absolute Gasteiger partial charge is 0.369 e. The Kier molecular flexibility index (Phi) is 10.8. The van der Waals surface area contributed by atoms with E-state index in [0.717, 1.165) is 39.1 Å². The molecule has 1 aliphatic rings. The van der Waals surface area contributed by atoms with Crippen LogP contribution < -0.4 is 10.2 Å². The molecular weight excluding hydrogens is 500 g/mol. The van der Waals surface area contributed by atoms with Gasteiger partial charge in [0, 0.05) is 38.4 Å². The van der Waals surface area contributed by atoms with Gasteiger partial charge in [0.2, 0.25) is 0 Å². The lowest BCUT2D eigenvalue weighted by molar-refractivity contribution is 0.0946. The number of carbonyl (C=O) groups is 1. The third-order valence-corrected chi connectivity index (χ3v) is 6.81. The summed E-state index contributed by atoms with van der Waals surface area (Å²) in [6.45, 7) is 13.6. The van der Waals surface area contributed by atoms with Gasteiger partial charge in [0.25, 0.3) is 5.91 Å². The number of imidazole rings is 1. The molecular formula is C27H36Cl2FN5O. The van der Waals surface area contributed by atoms with Crippen molar-refractivity contribution in [1.82, 2.24) is 19.8 Å². The van der Waals surface area contributed by atoms with Crippen LogP contribution in [0, 0.1) is 33.5 Å². The van der Waals surface area contributed by atoms with E-state index in [9.17, 15) is 9.18 Å². The Balaban J connectivity index is 0.00000228. The Morgan fingerprint density at radius 3 is 2.31 bits per heavy atom. The average Bonchev–Trinajstić information content (AvgIpc) is 3.13. The number of nitrogens with one attached hydrogen (secondary N) is 1. The molecule has 2 heterocycles. The van der Waals surface area contributed by atoms with Crippen LogP contribution in [0.3, 0.4) is 0 Å². The molecule has 1 fully saturated rings. The van der Waals surface area contributed by atoms with Crippen LogP contribution in [0.15, 0.2) is 42.5 Å². The van der Waals surface area contributed by atoms with Crippen molar-refractivity contribution < 1.29 is 9.18 Å². The minimum absolute atomic E-state index is 0. The SMILES string of the molecule is Cc1cccc(N2CCN(CCCNC(=O)c3nc(C)n(-c4ccccc4F)c3C)CC2)c1C.Cl.Cl. The van der Waals surface area contributed by atoms with Gasteiger partial charge in [-0.3, -0.25) is 14.3 Å². The van der Waals surface area contributed by atoms with Gasteiger partial charge < -0.3 is 10.2 Å². The first kappa shape index (κ1) is 29.6. The number of benzene rings is 2. The van der Waals surface area contributed by atoms with Gasteiger partial charge in [-0.15, -0.1) is 24.8 Å². The molecule has 6 nitrogen and oxygen atoms in total. The molecule has 1 amide bonds. The summed E-state index contributed by atoms with van der Waals surface area (Å²) < 4.78 is 16.0. The minimum Gasteiger partial charge on any atom is -0.369 e. The number of aromatic nitrogens is 2. The molecule has 0 radical (unpaired) electrons. The minimum atomic E-state index is -0.337. The van der Waals surface area contributed by atoms with Crippen LogP contribution in [0.5, 0.6) is 0 Å². The third kappa shape index (κ3) is 6.38. The standard InChI is InChI=1S/C27H34FN5O.2ClH/c1-19-9-7-12-24(20(19)2)32-17-15-31(16-18-32)14-8-13-29-27(34)26-21(3)33(22(4)30-26)25-11-6-5-10-23(25)28;;/h5-7,9-12H,8,13-18H2,1-4H3,(H,29,34);2*1H. The fourth-order valence-corrected chi connectivity index (χ4v) is 4.72. The van der Waals surface area contributed by atoms with Gasteiger partial charge in [0.1, 0.15) is 17.3 Å². The summed E-state index contributed by atoms with van der Waals surface area (Å²) in [5, 5.41) is 2.99. The topological polar surface area (TPSA) is 53.4 Å².